The Balaban J connectivity index is 2.24. The molecule has 1 aromatic heterocycles. The van der Waals surface area contributed by atoms with Crippen LogP contribution in [-0.4, -0.2) is 23.1 Å². The van der Waals surface area contributed by atoms with E-state index in [-0.39, 0.29) is 0 Å². The van der Waals surface area contributed by atoms with Crippen molar-refractivity contribution in [2.45, 2.75) is 20.8 Å². The van der Waals surface area contributed by atoms with Gasteiger partial charge in [-0.15, -0.1) is 0 Å². The zero-order valence-corrected chi connectivity index (χ0v) is 10.1. The summed E-state index contributed by atoms with van der Waals surface area (Å²) in [7, 11) is 0. The number of hydrazine groups is 1. The van der Waals surface area contributed by atoms with Crippen LogP contribution in [0.25, 0.3) is 0 Å². The van der Waals surface area contributed by atoms with Crippen molar-refractivity contribution in [2.75, 3.05) is 23.4 Å². The van der Waals surface area contributed by atoms with Crippen molar-refractivity contribution in [2.24, 2.45) is 17.7 Å². The molecule has 1 aliphatic rings. The SMILES string of the molecule is Cc1cc(N2CC(C)C(C)C2)nc(NN)n1. The highest BCUT2D eigenvalue weighted by atomic mass is 15.3. The molecule has 0 aliphatic carbocycles. The van der Waals surface area contributed by atoms with Crippen molar-refractivity contribution >= 4 is 11.8 Å². The van der Waals surface area contributed by atoms with Gasteiger partial charge in [0.2, 0.25) is 5.95 Å². The summed E-state index contributed by atoms with van der Waals surface area (Å²) in [6.07, 6.45) is 0. The van der Waals surface area contributed by atoms with Gasteiger partial charge in [-0.1, -0.05) is 13.8 Å². The molecule has 0 saturated carbocycles. The van der Waals surface area contributed by atoms with Crippen molar-refractivity contribution in [1.82, 2.24) is 9.97 Å². The minimum Gasteiger partial charge on any atom is -0.356 e. The summed E-state index contributed by atoms with van der Waals surface area (Å²) in [5.74, 6) is 8.23. The molecule has 5 nitrogen and oxygen atoms in total. The smallest absolute Gasteiger partial charge is 0.239 e. The maximum absolute atomic E-state index is 5.35. The lowest BCUT2D eigenvalue weighted by Gasteiger charge is -2.18. The number of anilines is 2. The predicted octanol–water partition coefficient (Wildman–Crippen LogP) is 1.16. The molecule has 3 N–H and O–H groups in total. The molecule has 0 bridgehead atoms. The third-order valence-electron chi connectivity index (χ3n) is 3.28. The standard InChI is InChI=1S/C11H19N5/c1-7-5-16(6-8(7)2)10-4-9(3)13-11(14-10)15-12/h4,7-8H,5-6,12H2,1-3H3,(H,13,14,15). The lowest BCUT2D eigenvalue weighted by Crippen LogP contribution is -2.22. The monoisotopic (exact) mass is 221 g/mol. The Hall–Kier alpha value is -1.36. The van der Waals surface area contributed by atoms with Crippen LogP contribution in [0.3, 0.4) is 0 Å². The fraction of sp³-hybridized carbons (Fsp3) is 0.636. The average molecular weight is 221 g/mol. The number of hydrogen-bond donors (Lipinski definition) is 2. The van der Waals surface area contributed by atoms with Gasteiger partial charge < -0.3 is 4.90 Å². The van der Waals surface area contributed by atoms with Crippen LogP contribution in [0.1, 0.15) is 19.5 Å². The highest BCUT2D eigenvalue weighted by Crippen LogP contribution is 2.27. The summed E-state index contributed by atoms with van der Waals surface area (Å²) in [5, 5.41) is 0. The second kappa shape index (κ2) is 4.25. The topological polar surface area (TPSA) is 67.1 Å². The molecule has 2 unspecified atom stereocenters. The van der Waals surface area contributed by atoms with E-state index >= 15 is 0 Å². The molecule has 1 fully saturated rings. The molecule has 1 aromatic rings. The van der Waals surface area contributed by atoms with Crippen LogP contribution in [0.4, 0.5) is 11.8 Å². The van der Waals surface area contributed by atoms with Crippen molar-refractivity contribution < 1.29 is 0 Å². The van der Waals surface area contributed by atoms with Crippen LogP contribution in [0.2, 0.25) is 0 Å². The molecule has 1 saturated heterocycles. The summed E-state index contributed by atoms with van der Waals surface area (Å²) in [5.41, 5.74) is 3.44. The van der Waals surface area contributed by atoms with E-state index < -0.39 is 0 Å². The lowest BCUT2D eigenvalue weighted by molar-refractivity contribution is 0.494. The summed E-state index contributed by atoms with van der Waals surface area (Å²) < 4.78 is 0. The van der Waals surface area contributed by atoms with Crippen molar-refractivity contribution in [3.8, 4) is 0 Å². The molecule has 5 heteroatoms. The minimum atomic E-state index is 0.488. The van der Waals surface area contributed by atoms with Crippen molar-refractivity contribution in [3.63, 3.8) is 0 Å². The van der Waals surface area contributed by atoms with Gasteiger partial charge in [0.25, 0.3) is 0 Å². The Morgan fingerprint density at radius 3 is 2.50 bits per heavy atom. The molecular formula is C11H19N5. The first-order chi connectivity index (χ1) is 7.60. The Morgan fingerprint density at radius 2 is 1.94 bits per heavy atom. The first-order valence-corrected chi connectivity index (χ1v) is 5.67. The first kappa shape index (κ1) is 11.1. The quantitative estimate of drug-likeness (QED) is 0.579. The zero-order chi connectivity index (χ0) is 11.7. The number of nitrogens with zero attached hydrogens (tertiary/aromatic N) is 3. The zero-order valence-electron chi connectivity index (χ0n) is 10.1. The lowest BCUT2D eigenvalue weighted by atomic mass is 10.0. The molecule has 0 aromatic carbocycles. The van der Waals surface area contributed by atoms with Crippen LogP contribution in [-0.2, 0) is 0 Å². The molecule has 0 radical (unpaired) electrons. The summed E-state index contributed by atoms with van der Waals surface area (Å²) in [6, 6.07) is 2.01. The van der Waals surface area contributed by atoms with Gasteiger partial charge in [0.15, 0.2) is 0 Å². The number of aryl methyl sites for hydroxylation is 1. The molecule has 0 amide bonds. The number of rotatable bonds is 2. The van der Waals surface area contributed by atoms with Gasteiger partial charge in [0.1, 0.15) is 5.82 Å². The molecule has 88 valence electrons. The Morgan fingerprint density at radius 1 is 1.31 bits per heavy atom. The van der Waals surface area contributed by atoms with Gasteiger partial charge in [-0.3, -0.25) is 5.43 Å². The third kappa shape index (κ3) is 2.09. The third-order valence-corrected chi connectivity index (χ3v) is 3.28. The van der Waals surface area contributed by atoms with Crippen LogP contribution >= 0.6 is 0 Å². The highest BCUT2D eigenvalue weighted by Gasteiger charge is 2.27. The summed E-state index contributed by atoms with van der Waals surface area (Å²) in [4.78, 5) is 10.9. The molecular weight excluding hydrogens is 202 g/mol. The van der Waals surface area contributed by atoms with E-state index in [1.54, 1.807) is 0 Å². The number of nitrogen functional groups attached to an aromatic ring is 1. The van der Waals surface area contributed by atoms with E-state index in [1.165, 1.54) is 0 Å². The molecule has 0 spiro atoms. The summed E-state index contributed by atoms with van der Waals surface area (Å²) >= 11 is 0. The maximum Gasteiger partial charge on any atom is 0.239 e. The maximum atomic E-state index is 5.35. The minimum absolute atomic E-state index is 0.488. The fourth-order valence-electron chi connectivity index (χ4n) is 2.10. The van der Waals surface area contributed by atoms with Gasteiger partial charge in [-0.25, -0.2) is 10.8 Å². The van der Waals surface area contributed by atoms with E-state index in [4.69, 9.17) is 5.84 Å². The number of nitrogens with two attached hydrogens (primary N) is 1. The van der Waals surface area contributed by atoms with Crippen molar-refractivity contribution in [3.05, 3.63) is 11.8 Å². The second-order valence-electron chi connectivity index (χ2n) is 4.70. The van der Waals surface area contributed by atoms with Crippen LogP contribution in [0.15, 0.2) is 6.07 Å². The van der Waals surface area contributed by atoms with E-state index in [9.17, 15) is 0 Å². The Labute approximate surface area is 96.0 Å². The van der Waals surface area contributed by atoms with E-state index in [1.807, 2.05) is 13.0 Å². The molecule has 1 aliphatic heterocycles. The number of nitrogens with one attached hydrogen (secondary N) is 1. The molecule has 2 rings (SSSR count). The average Bonchev–Trinajstić information content (AvgIpc) is 2.58. The van der Waals surface area contributed by atoms with Gasteiger partial charge in [0, 0.05) is 24.8 Å². The molecule has 16 heavy (non-hydrogen) atoms. The van der Waals surface area contributed by atoms with Crippen LogP contribution in [0.5, 0.6) is 0 Å². The molecule has 2 heterocycles. The first-order valence-electron chi connectivity index (χ1n) is 5.67. The van der Waals surface area contributed by atoms with Crippen LogP contribution < -0.4 is 16.2 Å². The van der Waals surface area contributed by atoms with E-state index in [0.717, 1.165) is 24.6 Å². The van der Waals surface area contributed by atoms with E-state index in [0.29, 0.717) is 17.8 Å². The number of aromatic nitrogens is 2. The van der Waals surface area contributed by atoms with E-state index in [2.05, 4.69) is 34.1 Å². The largest absolute Gasteiger partial charge is 0.356 e. The second-order valence-corrected chi connectivity index (χ2v) is 4.70. The predicted molar refractivity (Wildman–Crippen MR) is 65.1 cm³/mol. The Bertz CT molecular complexity index is 369. The Kier molecular flexibility index (Phi) is 2.96. The normalized spacial score (nSPS) is 24.9. The highest BCUT2D eigenvalue weighted by molar-refractivity contribution is 5.45. The number of hydrogen-bond acceptors (Lipinski definition) is 5. The summed E-state index contributed by atoms with van der Waals surface area (Å²) in [6.45, 7) is 8.62. The van der Waals surface area contributed by atoms with Gasteiger partial charge in [-0.2, -0.15) is 4.98 Å². The fourth-order valence-corrected chi connectivity index (χ4v) is 2.10. The van der Waals surface area contributed by atoms with Gasteiger partial charge in [-0.05, 0) is 18.8 Å². The van der Waals surface area contributed by atoms with Crippen molar-refractivity contribution in [1.29, 1.82) is 0 Å². The van der Waals surface area contributed by atoms with Crippen LogP contribution in [0, 0.1) is 18.8 Å². The van der Waals surface area contributed by atoms with Gasteiger partial charge in [0.05, 0.1) is 0 Å². The molecule has 2 atom stereocenters. The van der Waals surface area contributed by atoms with Gasteiger partial charge >= 0.3 is 0 Å².